The number of amides is 2. The highest BCUT2D eigenvalue weighted by Crippen LogP contribution is 2.47. The normalized spacial score (nSPS) is 25.0. The lowest BCUT2D eigenvalue weighted by atomic mass is 9.83. The molecule has 3 aliphatic rings. The Hall–Kier alpha value is -3.10. The number of ether oxygens (including phenoxy) is 3. The monoisotopic (exact) mass is 480 g/mol. The van der Waals surface area contributed by atoms with E-state index in [1.165, 1.54) is 0 Å². The van der Waals surface area contributed by atoms with Crippen molar-refractivity contribution in [1.82, 2.24) is 5.32 Å². The number of aliphatic hydroxyl groups is 1. The van der Waals surface area contributed by atoms with Crippen LogP contribution in [0.15, 0.2) is 42.5 Å². The molecule has 1 saturated heterocycles. The number of rotatable bonds is 8. The molecule has 2 fully saturated rings. The van der Waals surface area contributed by atoms with Gasteiger partial charge in [0.15, 0.2) is 0 Å². The summed E-state index contributed by atoms with van der Waals surface area (Å²) in [5.41, 5.74) is 2.64. The first kappa shape index (κ1) is 23.6. The molecule has 0 aromatic heterocycles. The largest absolute Gasteiger partial charge is 0.496 e. The van der Waals surface area contributed by atoms with Crippen LogP contribution >= 0.6 is 0 Å². The molecule has 2 aromatic carbocycles. The van der Waals surface area contributed by atoms with Crippen molar-refractivity contribution >= 4 is 17.5 Å². The molecule has 1 aliphatic carbocycles. The van der Waals surface area contributed by atoms with Crippen LogP contribution in [0, 0.1) is 5.92 Å². The molecule has 2 aliphatic heterocycles. The molecule has 2 amide bonds. The summed E-state index contributed by atoms with van der Waals surface area (Å²) in [5, 5.41) is 15.9. The first-order valence-corrected chi connectivity index (χ1v) is 12.3. The summed E-state index contributed by atoms with van der Waals surface area (Å²) in [5.74, 6) is 1.49. The molecule has 186 valence electrons. The zero-order valence-corrected chi connectivity index (χ0v) is 19.9. The van der Waals surface area contributed by atoms with E-state index in [1.807, 2.05) is 42.5 Å². The smallest absolute Gasteiger partial charge is 0.227 e. The lowest BCUT2D eigenvalue weighted by Crippen LogP contribution is -2.47. The second-order valence-corrected chi connectivity index (χ2v) is 9.57. The Balaban J connectivity index is 1.24. The number of hydrogen-bond acceptors (Lipinski definition) is 6. The van der Waals surface area contributed by atoms with Gasteiger partial charge in [-0.05, 0) is 43.5 Å². The molecule has 3 N–H and O–H groups in total. The van der Waals surface area contributed by atoms with Crippen molar-refractivity contribution in [3.8, 4) is 11.5 Å². The van der Waals surface area contributed by atoms with Crippen molar-refractivity contribution in [3.63, 3.8) is 0 Å². The van der Waals surface area contributed by atoms with E-state index in [9.17, 15) is 14.7 Å². The molecular weight excluding hydrogens is 448 g/mol. The number of anilines is 1. The first-order chi connectivity index (χ1) is 17.1. The van der Waals surface area contributed by atoms with Gasteiger partial charge in [-0.25, -0.2) is 0 Å². The van der Waals surface area contributed by atoms with E-state index in [0.29, 0.717) is 13.0 Å². The summed E-state index contributed by atoms with van der Waals surface area (Å²) in [7, 11) is 1.60. The van der Waals surface area contributed by atoms with Crippen LogP contribution in [0.1, 0.15) is 49.1 Å². The maximum atomic E-state index is 12.7. The Kier molecular flexibility index (Phi) is 6.92. The molecule has 2 heterocycles. The van der Waals surface area contributed by atoms with E-state index in [-0.39, 0.29) is 48.9 Å². The lowest BCUT2D eigenvalue weighted by Gasteiger charge is -2.37. The number of aliphatic hydroxyl groups excluding tert-OH is 1. The predicted molar refractivity (Wildman–Crippen MR) is 129 cm³/mol. The summed E-state index contributed by atoms with van der Waals surface area (Å²) in [4.78, 5) is 25.1. The molecule has 8 heteroatoms. The molecule has 1 saturated carbocycles. The topological polar surface area (TPSA) is 106 Å². The maximum absolute atomic E-state index is 12.7. The average Bonchev–Trinajstić information content (AvgIpc) is 3.19. The minimum atomic E-state index is -0.527. The highest BCUT2D eigenvalue weighted by molar-refractivity contribution is 5.93. The maximum Gasteiger partial charge on any atom is 0.227 e. The Morgan fingerprint density at radius 3 is 2.74 bits per heavy atom. The van der Waals surface area contributed by atoms with Gasteiger partial charge in [0.05, 0.1) is 26.2 Å². The van der Waals surface area contributed by atoms with Gasteiger partial charge in [-0.15, -0.1) is 0 Å². The minimum absolute atomic E-state index is 0.0246. The summed E-state index contributed by atoms with van der Waals surface area (Å²) in [6.45, 7) is 0.167. The summed E-state index contributed by atoms with van der Waals surface area (Å²) < 4.78 is 17.5. The number of nitrogens with one attached hydrogen (secondary N) is 2. The van der Waals surface area contributed by atoms with Gasteiger partial charge in [-0.3, -0.25) is 9.59 Å². The SMILES string of the molecule is COc1ccccc1CNC(=O)C[C@@H]1C[C@H]2c3cc(NC(=O)C4CCC4)ccc3O[C@H]2[C@H](CO)O1. The number of fused-ring (bicyclic) bond motifs is 3. The third kappa shape index (κ3) is 4.99. The minimum Gasteiger partial charge on any atom is -0.496 e. The van der Waals surface area contributed by atoms with E-state index < -0.39 is 6.10 Å². The fraction of sp³-hybridized carbons (Fsp3) is 0.481. The zero-order valence-electron chi connectivity index (χ0n) is 19.9. The predicted octanol–water partition coefficient (Wildman–Crippen LogP) is 3.13. The van der Waals surface area contributed by atoms with Gasteiger partial charge in [-0.1, -0.05) is 24.6 Å². The molecule has 8 nitrogen and oxygen atoms in total. The van der Waals surface area contributed by atoms with Crippen molar-refractivity contribution in [2.24, 2.45) is 5.92 Å². The number of benzene rings is 2. The van der Waals surface area contributed by atoms with E-state index in [0.717, 1.165) is 47.6 Å². The summed E-state index contributed by atoms with van der Waals surface area (Å²) in [6, 6.07) is 13.2. The van der Waals surface area contributed by atoms with Crippen LogP contribution in [-0.2, 0) is 20.9 Å². The Morgan fingerprint density at radius 2 is 2.00 bits per heavy atom. The van der Waals surface area contributed by atoms with Crippen LogP contribution in [0.3, 0.4) is 0 Å². The molecule has 5 rings (SSSR count). The van der Waals surface area contributed by atoms with E-state index in [2.05, 4.69) is 10.6 Å². The molecule has 35 heavy (non-hydrogen) atoms. The molecule has 4 atom stereocenters. The van der Waals surface area contributed by atoms with Crippen LogP contribution in [0.25, 0.3) is 0 Å². The zero-order chi connectivity index (χ0) is 24.4. The molecule has 0 unspecified atom stereocenters. The lowest BCUT2D eigenvalue weighted by molar-refractivity contribution is -0.142. The number of carbonyl (C=O) groups is 2. The van der Waals surface area contributed by atoms with Gasteiger partial charge >= 0.3 is 0 Å². The van der Waals surface area contributed by atoms with Gasteiger partial charge in [0.1, 0.15) is 23.7 Å². The van der Waals surface area contributed by atoms with E-state index in [4.69, 9.17) is 14.2 Å². The van der Waals surface area contributed by atoms with Crippen molar-refractivity contribution in [2.45, 2.75) is 62.9 Å². The highest BCUT2D eigenvalue weighted by atomic mass is 16.6. The van der Waals surface area contributed by atoms with E-state index >= 15 is 0 Å². The van der Waals surface area contributed by atoms with Gasteiger partial charge < -0.3 is 30.0 Å². The molecule has 0 bridgehead atoms. The van der Waals surface area contributed by atoms with Gasteiger partial charge in [0.2, 0.25) is 11.8 Å². The van der Waals surface area contributed by atoms with Crippen LogP contribution in [0.4, 0.5) is 5.69 Å². The van der Waals surface area contributed by atoms with Gasteiger partial charge in [0, 0.05) is 35.2 Å². The van der Waals surface area contributed by atoms with Crippen molar-refractivity contribution in [2.75, 3.05) is 19.0 Å². The summed E-state index contributed by atoms with van der Waals surface area (Å²) >= 11 is 0. The quantitative estimate of drug-likeness (QED) is 0.536. The highest BCUT2D eigenvalue weighted by Gasteiger charge is 2.46. The fourth-order valence-corrected chi connectivity index (χ4v) is 5.20. The molecule has 0 radical (unpaired) electrons. The molecule has 0 spiro atoms. The first-order valence-electron chi connectivity index (χ1n) is 12.3. The van der Waals surface area contributed by atoms with Crippen molar-refractivity contribution < 1.29 is 28.9 Å². The fourth-order valence-electron chi connectivity index (χ4n) is 5.20. The number of hydrogen-bond donors (Lipinski definition) is 3. The van der Waals surface area contributed by atoms with Crippen molar-refractivity contribution in [3.05, 3.63) is 53.6 Å². The Bertz CT molecular complexity index is 1090. The average molecular weight is 481 g/mol. The molecule has 2 aromatic rings. The Labute approximate surface area is 205 Å². The second kappa shape index (κ2) is 10.3. The third-order valence-electron chi connectivity index (χ3n) is 7.32. The Morgan fingerprint density at radius 1 is 1.17 bits per heavy atom. The van der Waals surface area contributed by atoms with Gasteiger partial charge in [-0.2, -0.15) is 0 Å². The number of methoxy groups -OCH3 is 1. The van der Waals surface area contributed by atoms with Crippen LogP contribution in [-0.4, -0.2) is 48.9 Å². The van der Waals surface area contributed by atoms with Gasteiger partial charge in [0.25, 0.3) is 0 Å². The van der Waals surface area contributed by atoms with Crippen LogP contribution in [0.5, 0.6) is 11.5 Å². The summed E-state index contributed by atoms with van der Waals surface area (Å²) in [6.07, 6.45) is 2.58. The second-order valence-electron chi connectivity index (χ2n) is 9.57. The standard InChI is InChI=1S/C27H32N2O6/c1-33-22-8-3-2-5-17(22)14-28-25(31)13-19-12-21-20-11-18(29-27(32)16-6-4-7-16)9-10-23(20)35-26(21)24(15-30)34-19/h2-3,5,8-11,16,19,21,24,26,30H,4,6-7,12-15H2,1H3,(H,28,31)(H,29,32)/t19-,21-,24-,26+/m0/s1. The number of carbonyl (C=O) groups excluding carboxylic acids is 2. The van der Waals surface area contributed by atoms with Crippen LogP contribution in [0.2, 0.25) is 0 Å². The molecular formula is C27H32N2O6. The van der Waals surface area contributed by atoms with E-state index in [1.54, 1.807) is 7.11 Å². The third-order valence-corrected chi connectivity index (χ3v) is 7.32. The number of para-hydroxylation sites is 1. The van der Waals surface area contributed by atoms with Crippen molar-refractivity contribution in [1.29, 1.82) is 0 Å². The van der Waals surface area contributed by atoms with Crippen LogP contribution < -0.4 is 20.1 Å².